The predicted octanol–water partition coefficient (Wildman–Crippen LogP) is 3.51. The maximum atomic E-state index is 12.6. The zero-order valence-electron chi connectivity index (χ0n) is 14.7. The lowest BCUT2D eigenvalue weighted by molar-refractivity contribution is 0.0753. The molecule has 0 bridgehead atoms. The first-order valence-corrected chi connectivity index (χ1v) is 9.19. The van der Waals surface area contributed by atoms with Crippen molar-refractivity contribution in [3.05, 3.63) is 66.2 Å². The normalized spacial score (nSPS) is 17.8. The number of hydrogen-bond donors (Lipinski definition) is 0. The number of hydrogen-bond acceptors (Lipinski definition) is 4. The number of carbonyl (C=O) groups is 1. The maximum absolute atomic E-state index is 12.6. The van der Waals surface area contributed by atoms with Gasteiger partial charge in [0, 0.05) is 37.1 Å². The van der Waals surface area contributed by atoms with E-state index in [9.17, 15) is 4.79 Å². The topological polar surface area (TPSA) is 59.0 Å². The molecule has 1 fully saturated rings. The second-order valence-corrected chi connectivity index (χ2v) is 6.96. The molecule has 132 valence electrons. The highest BCUT2D eigenvalue weighted by molar-refractivity contribution is 5.92. The van der Waals surface area contributed by atoms with Crippen molar-refractivity contribution < 1.29 is 4.79 Å². The van der Waals surface area contributed by atoms with Crippen LogP contribution in [0.4, 0.5) is 0 Å². The van der Waals surface area contributed by atoms with E-state index in [0.717, 1.165) is 38.8 Å². The van der Waals surface area contributed by atoms with Crippen molar-refractivity contribution in [2.45, 2.75) is 25.7 Å². The number of benzene rings is 1. The van der Waals surface area contributed by atoms with Crippen LogP contribution in [0.2, 0.25) is 0 Å². The van der Waals surface area contributed by atoms with Crippen LogP contribution < -0.4 is 0 Å². The Kier molecular flexibility index (Phi) is 4.86. The number of fused-ring (bicyclic) bond motifs is 1. The van der Waals surface area contributed by atoms with Gasteiger partial charge in [-0.1, -0.05) is 18.2 Å². The monoisotopic (exact) mass is 346 g/mol. The Hall–Kier alpha value is -2.82. The molecule has 1 aliphatic rings. The number of rotatable bonds is 3. The van der Waals surface area contributed by atoms with Crippen LogP contribution in [-0.2, 0) is 6.42 Å². The fourth-order valence-corrected chi connectivity index (χ4v) is 3.74. The van der Waals surface area contributed by atoms with Gasteiger partial charge < -0.3 is 4.90 Å². The lowest BCUT2D eigenvalue weighted by Crippen LogP contribution is -2.32. The van der Waals surface area contributed by atoms with Gasteiger partial charge in [0.1, 0.15) is 0 Å². The van der Waals surface area contributed by atoms with Crippen LogP contribution in [0.1, 0.15) is 35.3 Å². The van der Waals surface area contributed by atoms with Crippen LogP contribution in [0, 0.1) is 5.92 Å². The molecule has 5 nitrogen and oxygen atoms in total. The summed E-state index contributed by atoms with van der Waals surface area (Å²) >= 11 is 0. The quantitative estimate of drug-likeness (QED) is 0.728. The highest BCUT2D eigenvalue weighted by Gasteiger charge is 2.22. The molecule has 3 heterocycles. The molecule has 3 aromatic rings. The first kappa shape index (κ1) is 16.6. The molecule has 4 rings (SSSR count). The Morgan fingerprint density at radius 1 is 1.08 bits per heavy atom. The Morgan fingerprint density at radius 3 is 2.92 bits per heavy atom. The van der Waals surface area contributed by atoms with Crippen LogP contribution in [0.25, 0.3) is 10.8 Å². The van der Waals surface area contributed by atoms with Gasteiger partial charge in [-0.3, -0.25) is 9.78 Å². The van der Waals surface area contributed by atoms with E-state index >= 15 is 0 Å². The first-order valence-electron chi connectivity index (χ1n) is 9.19. The molecule has 26 heavy (non-hydrogen) atoms. The van der Waals surface area contributed by atoms with Crippen molar-refractivity contribution in [1.29, 1.82) is 0 Å². The van der Waals surface area contributed by atoms with Gasteiger partial charge in [-0.25, -0.2) is 0 Å². The van der Waals surface area contributed by atoms with Crippen molar-refractivity contribution >= 4 is 16.7 Å². The number of carbonyl (C=O) groups excluding carboxylic acids is 1. The van der Waals surface area contributed by atoms with E-state index in [2.05, 4.69) is 39.4 Å². The lowest BCUT2D eigenvalue weighted by atomic mass is 9.92. The third kappa shape index (κ3) is 3.72. The van der Waals surface area contributed by atoms with Crippen LogP contribution >= 0.6 is 0 Å². The van der Waals surface area contributed by atoms with Gasteiger partial charge in [0.05, 0.1) is 0 Å². The molecule has 1 saturated heterocycles. The van der Waals surface area contributed by atoms with Crippen LogP contribution in [0.15, 0.2) is 55.0 Å². The molecule has 0 spiro atoms. The summed E-state index contributed by atoms with van der Waals surface area (Å²) in [5.74, 6) is 0.603. The summed E-state index contributed by atoms with van der Waals surface area (Å²) in [5.41, 5.74) is 1.80. The number of pyridine rings is 1. The molecule has 1 amide bonds. The van der Waals surface area contributed by atoms with Crippen molar-refractivity contribution in [3.8, 4) is 0 Å². The molecule has 2 aromatic heterocycles. The summed E-state index contributed by atoms with van der Waals surface area (Å²) in [6.45, 7) is 1.59. The third-order valence-corrected chi connectivity index (χ3v) is 5.16. The van der Waals surface area contributed by atoms with E-state index in [1.807, 2.05) is 17.3 Å². The highest BCUT2D eigenvalue weighted by Crippen LogP contribution is 2.24. The summed E-state index contributed by atoms with van der Waals surface area (Å²) in [6.07, 6.45) is 9.61. The Morgan fingerprint density at radius 2 is 2.04 bits per heavy atom. The molecule has 0 saturated carbocycles. The molecule has 0 radical (unpaired) electrons. The van der Waals surface area contributed by atoms with Gasteiger partial charge >= 0.3 is 0 Å². The average molecular weight is 346 g/mol. The van der Waals surface area contributed by atoms with E-state index in [1.54, 1.807) is 18.3 Å². The van der Waals surface area contributed by atoms with E-state index in [0.29, 0.717) is 11.6 Å². The van der Waals surface area contributed by atoms with Crippen molar-refractivity contribution in [2.24, 2.45) is 5.92 Å². The minimum atomic E-state index is -0.00282. The van der Waals surface area contributed by atoms with Gasteiger partial charge in [0.15, 0.2) is 5.69 Å². The highest BCUT2D eigenvalue weighted by atomic mass is 16.2. The molecule has 0 N–H and O–H groups in total. The predicted molar refractivity (Wildman–Crippen MR) is 101 cm³/mol. The van der Waals surface area contributed by atoms with Gasteiger partial charge in [-0.05, 0) is 60.7 Å². The number of likely N-dealkylation sites (tertiary alicyclic amines) is 1. The van der Waals surface area contributed by atoms with Gasteiger partial charge in [-0.15, -0.1) is 5.10 Å². The summed E-state index contributed by atoms with van der Waals surface area (Å²) in [7, 11) is 0. The first-order chi connectivity index (χ1) is 12.8. The second-order valence-electron chi connectivity index (χ2n) is 6.96. The SMILES string of the molecule is O=C(c1cccnn1)N1CCC[C@@H](Cc2ccc3cnccc3c2)CC1. The van der Waals surface area contributed by atoms with E-state index in [4.69, 9.17) is 0 Å². The largest absolute Gasteiger partial charge is 0.337 e. The van der Waals surface area contributed by atoms with Crippen molar-refractivity contribution in [3.63, 3.8) is 0 Å². The summed E-state index contributed by atoms with van der Waals surface area (Å²) in [4.78, 5) is 18.7. The zero-order valence-corrected chi connectivity index (χ0v) is 14.7. The average Bonchev–Trinajstić information content (AvgIpc) is 2.93. The molecular formula is C21H22N4O. The van der Waals surface area contributed by atoms with Gasteiger partial charge in [-0.2, -0.15) is 5.10 Å². The lowest BCUT2D eigenvalue weighted by Gasteiger charge is -2.20. The molecular weight excluding hydrogens is 324 g/mol. The molecule has 1 aliphatic heterocycles. The van der Waals surface area contributed by atoms with Gasteiger partial charge in [0.25, 0.3) is 5.91 Å². The van der Waals surface area contributed by atoms with Crippen LogP contribution in [0.3, 0.4) is 0 Å². The summed E-state index contributed by atoms with van der Waals surface area (Å²) < 4.78 is 0. The van der Waals surface area contributed by atoms with Crippen molar-refractivity contribution in [1.82, 2.24) is 20.1 Å². The fraction of sp³-hybridized carbons (Fsp3) is 0.333. The number of amides is 1. The Labute approximate surface area is 153 Å². The summed E-state index contributed by atoms with van der Waals surface area (Å²) in [6, 6.07) is 12.2. The van der Waals surface area contributed by atoms with Crippen molar-refractivity contribution in [2.75, 3.05) is 13.1 Å². The number of nitrogens with zero attached hydrogens (tertiary/aromatic N) is 4. The molecule has 1 aromatic carbocycles. The minimum absolute atomic E-state index is 0.00282. The molecule has 5 heteroatoms. The summed E-state index contributed by atoms with van der Waals surface area (Å²) in [5, 5.41) is 10.2. The third-order valence-electron chi connectivity index (χ3n) is 5.16. The Balaban J connectivity index is 1.41. The Bertz CT molecular complexity index is 897. The number of aromatic nitrogens is 3. The smallest absolute Gasteiger partial charge is 0.274 e. The van der Waals surface area contributed by atoms with E-state index < -0.39 is 0 Å². The maximum Gasteiger partial charge on any atom is 0.274 e. The van der Waals surface area contributed by atoms with E-state index in [-0.39, 0.29) is 5.91 Å². The molecule has 0 unspecified atom stereocenters. The standard InChI is InChI=1S/C21H22N4O/c26-21(20-4-1-9-23-24-20)25-11-2-3-16(8-12-25)13-17-5-6-19-15-22-10-7-18(19)14-17/h1,4-7,9-10,14-16H,2-3,8,11-13H2/t16-/m1/s1. The zero-order chi connectivity index (χ0) is 17.8. The minimum Gasteiger partial charge on any atom is -0.337 e. The fourth-order valence-electron chi connectivity index (χ4n) is 3.74. The second kappa shape index (κ2) is 7.60. The van der Waals surface area contributed by atoms with Crippen LogP contribution in [-0.4, -0.2) is 39.1 Å². The molecule has 0 aliphatic carbocycles. The van der Waals surface area contributed by atoms with E-state index in [1.165, 1.54) is 16.3 Å². The van der Waals surface area contributed by atoms with Crippen LogP contribution in [0.5, 0.6) is 0 Å². The molecule has 1 atom stereocenters. The van der Waals surface area contributed by atoms with Gasteiger partial charge in [0.2, 0.25) is 0 Å².